The molecule has 0 amide bonds. The fourth-order valence-electron chi connectivity index (χ4n) is 8.03. The van der Waals surface area contributed by atoms with Crippen molar-refractivity contribution in [2.45, 2.75) is 20.0 Å². The first-order chi connectivity index (χ1) is 21.5. The van der Waals surface area contributed by atoms with Gasteiger partial charge >= 0.3 is 0 Å². The van der Waals surface area contributed by atoms with Crippen LogP contribution in [0.1, 0.15) is 5.56 Å². The lowest BCUT2D eigenvalue weighted by atomic mass is 9.83. The fourth-order valence-corrected chi connectivity index (χ4v) is 11.1. The van der Waals surface area contributed by atoms with Crippen LogP contribution in [0.25, 0.3) is 76.5 Å². The number of fused-ring (bicyclic) bond motifs is 8. The smallest absolute Gasteiger partial charge is 0.0623 e. The van der Waals surface area contributed by atoms with E-state index in [1.54, 1.807) is 10.4 Å². The van der Waals surface area contributed by atoms with Crippen molar-refractivity contribution in [1.29, 1.82) is 0 Å². The van der Waals surface area contributed by atoms with E-state index in [2.05, 4.69) is 160 Å². The third-order valence-electron chi connectivity index (χ3n) is 10.1. The normalized spacial score (nSPS) is 13.5. The Hall–Kier alpha value is -4.98. The number of aryl methyl sites for hydroxylation is 1. The van der Waals surface area contributed by atoms with E-state index in [0.29, 0.717) is 0 Å². The highest BCUT2D eigenvalue weighted by molar-refractivity contribution is 7.03. The quantitative estimate of drug-likeness (QED) is 0.109. The van der Waals surface area contributed by atoms with E-state index in [1.165, 1.54) is 82.0 Å². The Morgan fingerprint density at radius 1 is 0.386 bits per heavy atom. The van der Waals surface area contributed by atoms with Gasteiger partial charge in [-0.1, -0.05) is 146 Å². The van der Waals surface area contributed by atoms with E-state index in [0.717, 1.165) is 0 Å². The maximum Gasteiger partial charge on any atom is 0.113 e. The molecule has 208 valence electrons. The molecule has 8 aromatic carbocycles. The molecule has 8 aromatic rings. The van der Waals surface area contributed by atoms with Crippen LogP contribution in [0.3, 0.4) is 0 Å². The van der Waals surface area contributed by atoms with E-state index in [9.17, 15) is 0 Å². The van der Waals surface area contributed by atoms with Crippen LogP contribution >= 0.6 is 0 Å². The van der Waals surface area contributed by atoms with E-state index < -0.39 is 8.07 Å². The second kappa shape index (κ2) is 9.26. The topological polar surface area (TPSA) is 0 Å². The molecule has 0 bridgehead atoms. The van der Waals surface area contributed by atoms with Crippen LogP contribution in [-0.4, -0.2) is 8.07 Å². The zero-order valence-corrected chi connectivity index (χ0v) is 26.3. The molecule has 9 rings (SSSR count). The van der Waals surface area contributed by atoms with Crippen molar-refractivity contribution in [3.63, 3.8) is 0 Å². The number of hydrogen-bond acceptors (Lipinski definition) is 0. The van der Waals surface area contributed by atoms with Gasteiger partial charge in [0.15, 0.2) is 0 Å². The summed E-state index contributed by atoms with van der Waals surface area (Å²) in [5.74, 6) is 0. The molecule has 0 spiro atoms. The molecule has 0 saturated heterocycles. The van der Waals surface area contributed by atoms with Crippen molar-refractivity contribution < 1.29 is 0 Å². The van der Waals surface area contributed by atoms with E-state index in [4.69, 9.17) is 0 Å². The third kappa shape index (κ3) is 3.51. The fraction of sp³-hybridized carbons (Fsp3) is 0.0698. The van der Waals surface area contributed by atoms with Gasteiger partial charge in [0.05, 0.1) is 0 Å². The lowest BCUT2D eigenvalue weighted by molar-refractivity contribution is 1.51. The maximum absolute atomic E-state index is 2.49. The Bertz CT molecular complexity index is 2480. The highest BCUT2D eigenvalue weighted by atomic mass is 28.3. The molecule has 0 aliphatic carbocycles. The molecule has 0 saturated carbocycles. The monoisotopic (exact) mass is 576 g/mol. The van der Waals surface area contributed by atoms with Crippen LogP contribution in [0, 0.1) is 6.92 Å². The number of rotatable bonds is 2. The molecule has 1 heteroatoms. The van der Waals surface area contributed by atoms with E-state index in [1.807, 2.05) is 0 Å². The molecule has 0 N–H and O–H groups in total. The minimum atomic E-state index is -1.72. The first kappa shape index (κ1) is 25.5. The average Bonchev–Trinajstić information content (AvgIpc) is 3.29. The Morgan fingerprint density at radius 3 is 1.82 bits per heavy atom. The Labute approximate surface area is 259 Å². The highest BCUT2D eigenvalue weighted by Gasteiger charge is 2.37. The summed E-state index contributed by atoms with van der Waals surface area (Å²) in [6, 6.07) is 52.7. The first-order valence-electron chi connectivity index (χ1n) is 15.6. The summed E-state index contributed by atoms with van der Waals surface area (Å²) in [4.78, 5) is 0. The Kier molecular flexibility index (Phi) is 5.37. The summed E-state index contributed by atoms with van der Waals surface area (Å²) >= 11 is 0. The summed E-state index contributed by atoms with van der Waals surface area (Å²) in [5.41, 5.74) is 9.37. The molecule has 1 aliphatic heterocycles. The third-order valence-corrected chi connectivity index (χ3v) is 13.7. The van der Waals surface area contributed by atoms with Gasteiger partial charge in [0.25, 0.3) is 0 Å². The summed E-state index contributed by atoms with van der Waals surface area (Å²) in [6.45, 7) is 7.21. The molecule has 44 heavy (non-hydrogen) atoms. The Morgan fingerprint density at radius 2 is 1.00 bits per heavy atom. The molecule has 1 aliphatic rings. The van der Waals surface area contributed by atoms with Gasteiger partial charge in [0.1, 0.15) is 8.07 Å². The van der Waals surface area contributed by atoms with Gasteiger partial charge in [-0.2, -0.15) is 0 Å². The average molecular weight is 577 g/mol. The largest absolute Gasteiger partial charge is 0.113 e. The molecular weight excluding hydrogens is 545 g/mol. The Balaban J connectivity index is 1.42. The molecular formula is C43H32Si. The number of hydrogen-bond donors (Lipinski definition) is 0. The van der Waals surface area contributed by atoms with Gasteiger partial charge in [-0.05, 0) is 106 Å². The van der Waals surface area contributed by atoms with Gasteiger partial charge < -0.3 is 0 Å². The second-order valence-corrected chi connectivity index (χ2v) is 17.3. The van der Waals surface area contributed by atoms with Crippen LogP contribution in [-0.2, 0) is 0 Å². The highest BCUT2D eigenvalue weighted by Crippen LogP contribution is 2.47. The van der Waals surface area contributed by atoms with Crippen LogP contribution in [0.4, 0.5) is 0 Å². The second-order valence-electron chi connectivity index (χ2n) is 13.0. The van der Waals surface area contributed by atoms with Crippen LogP contribution in [0.5, 0.6) is 0 Å². The van der Waals surface area contributed by atoms with Crippen molar-refractivity contribution in [1.82, 2.24) is 0 Å². The van der Waals surface area contributed by atoms with Crippen molar-refractivity contribution in [2.75, 3.05) is 0 Å². The van der Waals surface area contributed by atoms with Crippen molar-refractivity contribution >= 4 is 61.5 Å². The maximum atomic E-state index is 2.49. The van der Waals surface area contributed by atoms with Crippen LogP contribution in [0.2, 0.25) is 13.1 Å². The van der Waals surface area contributed by atoms with E-state index in [-0.39, 0.29) is 0 Å². The van der Waals surface area contributed by atoms with Gasteiger partial charge in [0.2, 0.25) is 0 Å². The number of benzene rings is 8. The van der Waals surface area contributed by atoms with Gasteiger partial charge in [0, 0.05) is 0 Å². The summed E-state index contributed by atoms with van der Waals surface area (Å²) < 4.78 is 0. The zero-order valence-electron chi connectivity index (χ0n) is 25.3. The molecule has 0 nitrogen and oxygen atoms in total. The van der Waals surface area contributed by atoms with Crippen molar-refractivity contribution in [2.24, 2.45) is 0 Å². The molecule has 0 radical (unpaired) electrons. The molecule has 0 atom stereocenters. The molecule has 0 aromatic heterocycles. The van der Waals surface area contributed by atoms with Crippen LogP contribution in [0.15, 0.2) is 140 Å². The lowest BCUT2D eigenvalue weighted by Crippen LogP contribution is -2.49. The van der Waals surface area contributed by atoms with Gasteiger partial charge in [-0.25, -0.2) is 0 Å². The standard InChI is InChI=1S/C43H32Si/c1-27-20-22-36-38(24-27)42(29-21-23-41-37(26-29)33-16-10-11-19-40(33)44(41,2)3)34-17-8-9-18-35(34)43(36)39-25-28-12-4-5-13-30(28)31-14-6-7-15-32(31)39/h4-26H,1-3H3. The SMILES string of the molecule is Cc1ccc2c(-c3cc4ccccc4c4ccccc34)c3ccccc3c(-c3ccc4c(c3)-c3ccccc3[Si]4(C)C)c2c1. The lowest BCUT2D eigenvalue weighted by Gasteiger charge is -2.21. The van der Waals surface area contributed by atoms with Gasteiger partial charge in [-0.15, -0.1) is 0 Å². The van der Waals surface area contributed by atoms with E-state index >= 15 is 0 Å². The zero-order chi connectivity index (χ0) is 29.6. The summed E-state index contributed by atoms with van der Waals surface area (Å²) in [5, 5.41) is 13.5. The van der Waals surface area contributed by atoms with Crippen molar-refractivity contribution in [3.05, 3.63) is 145 Å². The predicted octanol–water partition coefficient (Wildman–Crippen LogP) is 10.7. The molecule has 0 fully saturated rings. The van der Waals surface area contributed by atoms with Crippen LogP contribution < -0.4 is 10.4 Å². The molecule has 1 heterocycles. The van der Waals surface area contributed by atoms with Gasteiger partial charge in [-0.3, -0.25) is 0 Å². The summed E-state index contributed by atoms with van der Waals surface area (Å²) in [7, 11) is -1.72. The molecule has 0 unspecified atom stereocenters. The summed E-state index contributed by atoms with van der Waals surface area (Å²) in [6.07, 6.45) is 0. The minimum Gasteiger partial charge on any atom is -0.0623 e. The first-order valence-corrected chi connectivity index (χ1v) is 18.6. The van der Waals surface area contributed by atoms with Crippen molar-refractivity contribution in [3.8, 4) is 33.4 Å². The minimum absolute atomic E-state index is 1.28. The predicted molar refractivity (Wildman–Crippen MR) is 194 cm³/mol.